The predicted octanol–water partition coefficient (Wildman–Crippen LogP) is 2.83. The van der Waals surface area contributed by atoms with Crippen molar-refractivity contribution in [2.45, 2.75) is 13.8 Å². The van der Waals surface area contributed by atoms with Crippen LogP contribution in [-0.4, -0.2) is 25.3 Å². The van der Waals surface area contributed by atoms with Crippen LogP contribution in [-0.2, 0) is 14.3 Å². The number of esters is 1. The molecule has 0 atom stereocenters. The maximum absolute atomic E-state index is 11.2. The van der Waals surface area contributed by atoms with Crippen LogP contribution >= 0.6 is 0 Å². The van der Waals surface area contributed by atoms with Crippen LogP contribution in [0.5, 0.6) is 0 Å². The van der Waals surface area contributed by atoms with Crippen LogP contribution in [0, 0.1) is 0 Å². The zero-order chi connectivity index (χ0) is 14.1. The van der Waals surface area contributed by atoms with Gasteiger partial charge in [-0.3, -0.25) is 5.32 Å². The molecule has 19 heavy (non-hydrogen) atoms. The molecule has 0 spiro atoms. The van der Waals surface area contributed by atoms with Gasteiger partial charge in [0.15, 0.2) is 0 Å². The average Bonchev–Trinajstić information content (AvgIpc) is 2.38. The molecule has 1 aromatic rings. The van der Waals surface area contributed by atoms with Crippen LogP contribution in [0.4, 0.5) is 10.5 Å². The maximum atomic E-state index is 11.2. The van der Waals surface area contributed by atoms with E-state index < -0.39 is 6.09 Å². The molecule has 1 N–H and O–H groups in total. The van der Waals surface area contributed by atoms with E-state index in [4.69, 9.17) is 9.47 Å². The van der Waals surface area contributed by atoms with Gasteiger partial charge < -0.3 is 9.47 Å². The Bertz CT molecular complexity index is 451. The number of hydrogen-bond acceptors (Lipinski definition) is 4. The number of nitrogens with one attached hydrogen (secondary N) is 1. The Hall–Kier alpha value is -2.30. The highest BCUT2D eigenvalue weighted by Crippen LogP contribution is 2.11. The Kier molecular flexibility index (Phi) is 6.15. The van der Waals surface area contributed by atoms with Gasteiger partial charge >= 0.3 is 12.1 Å². The second-order valence-corrected chi connectivity index (χ2v) is 3.55. The predicted molar refractivity (Wildman–Crippen MR) is 72.8 cm³/mol. The highest BCUT2D eigenvalue weighted by molar-refractivity contribution is 5.87. The van der Waals surface area contributed by atoms with Gasteiger partial charge in [0.1, 0.15) is 0 Å². The molecular weight excluding hydrogens is 246 g/mol. The third-order valence-electron chi connectivity index (χ3n) is 2.13. The molecule has 0 radical (unpaired) electrons. The molecule has 0 saturated carbocycles. The summed E-state index contributed by atoms with van der Waals surface area (Å²) in [4.78, 5) is 22.3. The van der Waals surface area contributed by atoms with E-state index in [0.717, 1.165) is 5.56 Å². The fraction of sp³-hybridized carbons (Fsp3) is 0.286. The normalized spacial score (nSPS) is 10.2. The first-order valence-corrected chi connectivity index (χ1v) is 6.04. The number of hydrogen-bond donors (Lipinski definition) is 1. The van der Waals surface area contributed by atoms with Crippen molar-refractivity contribution in [1.82, 2.24) is 0 Å². The van der Waals surface area contributed by atoms with E-state index in [-0.39, 0.29) is 5.97 Å². The molecule has 0 saturated heterocycles. The number of rotatable bonds is 5. The van der Waals surface area contributed by atoms with E-state index >= 15 is 0 Å². The Balaban J connectivity index is 2.56. The van der Waals surface area contributed by atoms with E-state index in [2.05, 4.69) is 5.32 Å². The zero-order valence-corrected chi connectivity index (χ0v) is 11.0. The van der Waals surface area contributed by atoms with Crippen LogP contribution in [0.3, 0.4) is 0 Å². The van der Waals surface area contributed by atoms with E-state index in [0.29, 0.717) is 18.9 Å². The van der Waals surface area contributed by atoms with Gasteiger partial charge in [-0.25, -0.2) is 9.59 Å². The van der Waals surface area contributed by atoms with E-state index in [1.165, 1.54) is 6.08 Å². The first-order chi connectivity index (χ1) is 9.15. The summed E-state index contributed by atoms with van der Waals surface area (Å²) < 4.78 is 9.52. The standard InChI is InChI=1S/C14H17NO4/c1-3-18-13(16)10-7-11-5-8-12(9-6-11)15-14(17)19-4-2/h5-10H,3-4H2,1-2H3,(H,15,17)/b10-7+. The van der Waals surface area contributed by atoms with Gasteiger partial charge in [-0.2, -0.15) is 0 Å². The van der Waals surface area contributed by atoms with E-state index in [1.54, 1.807) is 44.2 Å². The summed E-state index contributed by atoms with van der Waals surface area (Å²) in [6, 6.07) is 7.00. The van der Waals surface area contributed by atoms with Gasteiger partial charge in [-0.1, -0.05) is 12.1 Å². The van der Waals surface area contributed by atoms with Crippen molar-refractivity contribution in [2.24, 2.45) is 0 Å². The monoisotopic (exact) mass is 263 g/mol. The van der Waals surface area contributed by atoms with E-state index in [9.17, 15) is 9.59 Å². The van der Waals surface area contributed by atoms with Crippen molar-refractivity contribution in [1.29, 1.82) is 0 Å². The number of carbonyl (C=O) groups excluding carboxylic acids is 2. The first-order valence-electron chi connectivity index (χ1n) is 6.04. The van der Waals surface area contributed by atoms with E-state index in [1.807, 2.05) is 0 Å². The molecule has 0 unspecified atom stereocenters. The average molecular weight is 263 g/mol. The molecule has 5 nitrogen and oxygen atoms in total. The molecule has 0 fully saturated rings. The van der Waals surface area contributed by atoms with Crippen molar-refractivity contribution in [2.75, 3.05) is 18.5 Å². The van der Waals surface area contributed by atoms with Crippen LogP contribution < -0.4 is 5.32 Å². The van der Waals surface area contributed by atoms with Gasteiger partial charge in [0, 0.05) is 11.8 Å². The topological polar surface area (TPSA) is 64.6 Å². The van der Waals surface area contributed by atoms with Crippen molar-refractivity contribution in [3.8, 4) is 0 Å². The molecule has 0 heterocycles. The van der Waals surface area contributed by atoms with Crippen molar-refractivity contribution in [3.63, 3.8) is 0 Å². The summed E-state index contributed by atoms with van der Waals surface area (Å²) in [7, 11) is 0. The van der Waals surface area contributed by atoms with Gasteiger partial charge in [-0.05, 0) is 37.6 Å². The molecular formula is C14H17NO4. The van der Waals surface area contributed by atoms with Gasteiger partial charge in [0.2, 0.25) is 0 Å². The SMILES string of the molecule is CCOC(=O)/C=C/c1ccc(NC(=O)OCC)cc1. The quantitative estimate of drug-likeness (QED) is 0.655. The lowest BCUT2D eigenvalue weighted by atomic mass is 10.2. The fourth-order valence-corrected chi connectivity index (χ4v) is 1.32. The Labute approximate surface area is 112 Å². The van der Waals surface area contributed by atoms with Crippen molar-refractivity contribution < 1.29 is 19.1 Å². The van der Waals surface area contributed by atoms with Crippen LogP contribution in [0.15, 0.2) is 30.3 Å². The van der Waals surface area contributed by atoms with Crippen molar-refractivity contribution >= 4 is 23.8 Å². The highest BCUT2D eigenvalue weighted by atomic mass is 16.5. The van der Waals surface area contributed by atoms with Crippen LogP contribution in [0.25, 0.3) is 6.08 Å². The van der Waals surface area contributed by atoms with Crippen LogP contribution in [0.1, 0.15) is 19.4 Å². The third-order valence-corrected chi connectivity index (χ3v) is 2.13. The summed E-state index contributed by atoms with van der Waals surface area (Å²) in [5.41, 5.74) is 1.47. The minimum absolute atomic E-state index is 0.326. The van der Waals surface area contributed by atoms with Gasteiger partial charge in [-0.15, -0.1) is 0 Å². The number of anilines is 1. The fourth-order valence-electron chi connectivity index (χ4n) is 1.32. The summed E-state index contributed by atoms with van der Waals surface area (Å²) in [5, 5.41) is 2.58. The van der Waals surface area contributed by atoms with Gasteiger partial charge in [0.25, 0.3) is 0 Å². The minimum atomic E-state index is -0.489. The largest absolute Gasteiger partial charge is 0.463 e. The Morgan fingerprint density at radius 3 is 2.32 bits per heavy atom. The molecule has 102 valence electrons. The zero-order valence-electron chi connectivity index (χ0n) is 11.0. The lowest BCUT2D eigenvalue weighted by Gasteiger charge is -2.05. The molecule has 1 rings (SSSR count). The molecule has 0 aliphatic rings. The lowest BCUT2D eigenvalue weighted by Crippen LogP contribution is -2.13. The Morgan fingerprint density at radius 1 is 1.11 bits per heavy atom. The number of ether oxygens (including phenoxy) is 2. The smallest absolute Gasteiger partial charge is 0.411 e. The van der Waals surface area contributed by atoms with Crippen molar-refractivity contribution in [3.05, 3.63) is 35.9 Å². The lowest BCUT2D eigenvalue weighted by molar-refractivity contribution is -0.137. The summed E-state index contributed by atoms with van der Waals surface area (Å²) >= 11 is 0. The number of benzene rings is 1. The molecule has 0 aliphatic carbocycles. The molecule has 1 amide bonds. The van der Waals surface area contributed by atoms with Gasteiger partial charge in [0.05, 0.1) is 13.2 Å². The highest BCUT2D eigenvalue weighted by Gasteiger charge is 2.01. The molecule has 1 aromatic carbocycles. The summed E-state index contributed by atoms with van der Waals surface area (Å²) in [5.74, 6) is -0.378. The third kappa shape index (κ3) is 5.72. The second-order valence-electron chi connectivity index (χ2n) is 3.55. The molecule has 0 aromatic heterocycles. The summed E-state index contributed by atoms with van der Waals surface area (Å²) in [6.45, 7) is 4.17. The molecule has 0 bridgehead atoms. The minimum Gasteiger partial charge on any atom is -0.463 e. The summed E-state index contributed by atoms with van der Waals surface area (Å²) in [6.07, 6.45) is 2.51. The maximum Gasteiger partial charge on any atom is 0.411 e. The second kappa shape index (κ2) is 7.92. The number of carbonyl (C=O) groups is 2. The van der Waals surface area contributed by atoms with Crippen LogP contribution in [0.2, 0.25) is 0 Å². The molecule has 0 aliphatic heterocycles. The first kappa shape index (κ1) is 14.8. The Morgan fingerprint density at radius 2 is 1.74 bits per heavy atom. The molecule has 5 heteroatoms. The number of amides is 1.